The van der Waals surface area contributed by atoms with E-state index in [0.717, 1.165) is 52.6 Å². The number of thiazole rings is 1. The van der Waals surface area contributed by atoms with Crippen molar-refractivity contribution in [3.63, 3.8) is 0 Å². The number of aliphatic hydroxyl groups excluding tert-OH is 1. The number of H-pyrrole nitrogens is 1. The van der Waals surface area contributed by atoms with Crippen molar-refractivity contribution in [3.05, 3.63) is 62.7 Å². The van der Waals surface area contributed by atoms with Crippen molar-refractivity contribution in [2.24, 2.45) is 0 Å². The van der Waals surface area contributed by atoms with Crippen molar-refractivity contribution < 1.29 is 9.90 Å². The lowest BCUT2D eigenvalue weighted by atomic mass is 9.98. The number of aliphatic hydroxyl groups is 1. The first-order chi connectivity index (χ1) is 15.0. The van der Waals surface area contributed by atoms with Gasteiger partial charge in [-0.2, -0.15) is 0 Å². The van der Waals surface area contributed by atoms with E-state index in [9.17, 15) is 9.90 Å². The van der Waals surface area contributed by atoms with E-state index in [2.05, 4.69) is 15.6 Å². The van der Waals surface area contributed by atoms with Crippen LogP contribution < -0.4 is 10.6 Å². The van der Waals surface area contributed by atoms with E-state index in [0.29, 0.717) is 17.1 Å². The number of aromatic nitrogens is 2. The minimum atomic E-state index is -0.216. The van der Waals surface area contributed by atoms with Crippen LogP contribution in [0, 0.1) is 6.92 Å². The average molecular weight is 459 g/mol. The van der Waals surface area contributed by atoms with Crippen molar-refractivity contribution in [2.75, 3.05) is 13.2 Å². The molecule has 1 saturated heterocycles. The molecule has 0 aliphatic carbocycles. The predicted octanol–water partition coefficient (Wildman–Crippen LogP) is 4.25. The van der Waals surface area contributed by atoms with Crippen LogP contribution in [0.4, 0.5) is 0 Å². The Kier molecular flexibility index (Phi) is 7.07. The van der Waals surface area contributed by atoms with Gasteiger partial charge in [-0.25, -0.2) is 4.98 Å². The Morgan fingerprint density at radius 2 is 2.10 bits per heavy atom. The molecule has 3 aromatic rings. The zero-order valence-electron chi connectivity index (χ0n) is 17.5. The summed E-state index contributed by atoms with van der Waals surface area (Å²) in [4.78, 5) is 22.2. The fourth-order valence-electron chi connectivity index (χ4n) is 3.96. The first-order valence-electron chi connectivity index (χ1n) is 10.6. The molecule has 1 aliphatic heterocycles. The number of carbonyl (C=O) groups is 1. The summed E-state index contributed by atoms with van der Waals surface area (Å²) < 4.78 is 0. The maximum absolute atomic E-state index is 13.1. The van der Waals surface area contributed by atoms with Gasteiger partial charge in [-0.3, -0.25) is 4.79 Å². The van der Waals surface area contributed by atoms with E-state index in [1.165, 1.54) is 0 Å². The highest BCUT2D eigenvalue weighted by atomic mass is 35.5. The van der Waals surface area contributed by atoms with Crippen LogP contribution in [0.25, 0.3) is 11.3 Å². The normalized spacial score (nSPS) is 17.5. The van der Waals surface area contributed by atoms with Gasteiger partial charge in [-0.15, -0.1) is 11.3 Å². The fourth-order valence-corrected chi connectivity index (χ4v) is 5.26. The second kappa shape index (κ2) is 9.96. The van der Waals surface area contributed by atoms with Gasteiger partial charge in [-0.05, 0) is 56.1 Å². The largest absolute Gasteiger partial charge is 0.396 e. The molecule has 1 aromatic carbocycles. The SMILES string of the molecule is Cc1nc([C@H](NC(=O)c2ccc(-c3ccc(Cl)cc3)[nH]2)[C@@H]2CCCCN2)sc1CCO. The Bertz CT molecular complexity index is 1020. The molecule has 31 heavy (non-hydrogen) atoms. The first kappa shape index (κ1) is 22.0. The molecule has 1 fully saturated rings. The molecule has 164 valence electrons. The molecule has 2 aromatic heterocycles. The topological polar surface area (TPSA) is 90.0 Å². The maximum Gasteiger partial charge on any atom is 0.268 e. The number of hydrogen-bond acceptors (Lipinski definition) is 5. The van der Waals surface area contributed by atoms with Gasteiger partial charge in [-0.1, -0.05) is 30.2 Å². The molecule has 4 N–H and O–H groups in total. The molecule has 1 amide bonds. The van der Waals surface area contributed by atoms with Crippen molar-refractivity contribution in [1.29, 1.82) is 0 Å². The van der Waals surface area contributed by atoms with Crippen molar-refractivity contribution >= 4 is 28.8 Å². The third-order valence-electron chi connectivity index (χ3n) is 5.64. The molecule has 0 saturated carbocycles. The van der Waals surface area contributed by atoms with E-state index >= 15 is 0 Å². The molecule has 4 rings (SSSR count). The monoisotopic (exact) mass is 458 g/mol. The Morgan fingerprint density at radius 1 is 1.29 bits per heavy atom. The number of aromatic amines is 1. The molecular weight excluding hydrogens is 432 g/mol. The second-order valence-electron chi connectivity index (χ2n) is 7.83. The lowest BCUT2D eigenvalue weighted by molar-refractivity contribution is 0.0918. The summed E-state index contributed by atoms with van der Waals surface area (Å²) in [6, 6.07) is 11.1. The molecule has 2 atom stereocenters. The number of nitrogens with zero attached hydrogens (tertiary/aromatic N) is 1. The van der Waals surface area contributed by atoms with Gasteiger partial charge < -0.3 is 20.7 Å². The predicted molar refractivity (Wildman–Crippen MR) is 125 cm³/mol. The molecule has 6 nitrogen and oxygen atoms in total. The van der Waals surface area contributed by atoms with E-state index in [4.69, 9.17) is 16.6 Å². The smallest absolute Gasteiger partial charge is 0.268 e. The van der Waals surface area contributed by atoms with Crippen LogP contribution in [0.3, 0.4) is 0 Å². The highest BCUT2D eigenvalue weighted by Crippen LogP contribution is 2.30. The van der Waals surface area contributed by atoms with Gasteiger partial charge in [0.25, 0.3) is 5.91 Å². The third-order valence-corrected chi connectivity index (χ3v) is 7.19. The number of piperidine rings is 1. The lowest BCUT2D eigenvalue weighted by Crippen LogP contribution is -2.46. The van der Waals surface area contributed by atoms with Crippen molar-refractivity contribution in [2.45, 2.75) is 44.7 Å². The summed E-state index contributed by atoms with van der Waals surface area (Å²) >= 11 is 7.56. The third kappa shape index (κ3) is 5.18. The van der Waals surface area contributed by atoms with E-state index < -0.39 is 0 Å². The van der Waals surface area contributed by atoms with Crippen molar-refractivity contribution in [1.82, 2.24) is 20.6 Å². The number of halogens is 1. The zero-order chi connectivity index (χ0) is 21.8. The highest BCUT2D eigenvalue weighted by Gasteiger charge is 2.30. The van der Waals surface area contributed by atoms with Gasteiger partial charge in [0.1, 0.15) is 10.7 Å². The summed E-state index contributed by atoms with van der Waals surface area (Å²) in [5.41, 5.74) is 3.27. The number of benzene rings is 1. The molecule has 0 radical (unpaired) electrons. The number of hydrogen-bond donors (Lipinski definition) is 4. The van der Waals surface area contributed by atoms with Gasteiger partial charge in [0.15, 0.2) is 0 Å². The lowest BCUT2D eigenvalue weighted by Gasteiger charge is -2.30. The first-order valence-corrected chi connectivity index (χ1v) is 11.8. The molecule has 3 heterocycles. The highest BCUT2D eigenvalue weighted by molar-refractivity contribution is 7.11. The Labute approximate surface area is 191 Å². The molecule has 0 unspecified atom stereocenters. The maximum atomic E-state index is 13.1. The summed E-state index contributed by atoms with van der Waals surface area (Å²) in [5, 5.41) is 17.7. The Hall–Kier alpha value is -2.19. The van der Waals surface area contributed by atoms with Crippen LogP contribution in [-0.2, 0) is 6.42 Å². The number of aryl methyl sites for hydroxylation is 1. The summed E-state index contributed by atoms with van der Waals surface area (Å²) in [6.07, 6.45) is 3.84. The number of carbonyl (C=O) groups excluding carboxylic acids is 1. The van der Waals surface area contributed by atoms with Gasteiger partial charge >= 0.3 is 0 Å². The van der Waals surface area contributed by atoms with Gasteiger partial charge in [0.2, 0.25) is 0 Å². The summed E-state index contributed by atoms with van der Waals surface area (Å²) in [7, 11) is 0. The van der Waals surface area contributed by atoms with Crippen LogP contribution in [0.1, 0.15) is 51.4 Å². The Morgan fingerprint density at radius 3 is 2.81 bits per heavy atom. The van der Waals surface area contributed by atoms with E-state index in [1.807, 2.05) is 37.3 Å². The van der Waals surface area contributed by atoms with Gasteiger partial charge in [0.05, 0.1) is 11.7 Å². The van der Waals surface area contributed by atoms with E-state index in [1.54, 1.807) is 17.4 Å². The number of nitrogens with one attached hydrogen (secondary N) is 3. The molecule has 8 heteroatoms. The van der Waals surface area contributed by atoms with Crippen LogP contribution >= 0.6 is 22.9 Å². The quantitative estimate of drug-likeness (QED) is 0.426. The van der Waals surface area contributed by atoms with Crippen LogP contribution in [0.5, 0.6) is 0 Å². The average Bonchev–Trinajstić information content (AvgIpc) is 3.41. The van der Waals surface area contributed by atoms with Crippen molar-refractivity contribution in [3.8, 4) is 11.3 Å². The number of rotatable bonds is 7. The standard InChI is InChI=1S/C23H27ClN4O2S/c1-14-20(11-13-29)31-23(26-14)21(18-4-2-3-12-25-18)28-22(30)19-10-9-17(27-19)15-5-7-16(24)8-6-15/h5-10,18,21,25,27,29H,2-4,11-13H2,1H3,(H,28,30)/t18-,21+/m0/s1. The molecular formula is C23H27ClN4O2S. The van der Waals surface area contributed by atoms with Gasteiger partial charge in [0, 0.05) is 34.7 Å². The van der Waals surface area contributed by atoms with E-state index in [-0.39, 0.29) is 24.6 Å². The summed E-state index contributed by atoms with van der Waals surface area (Å²) in [6.45, 7) is 2.99. The molecule has 1 aliphatic rings. The molecule has 0 spiro atoms. The second-order valence-corrected chi connectivity index (χ2v) is 9.39. The minimum absolute atomic E-state index is 0.0944. The summed E-state index contributed by atoms with van der Waals surface area (Å²) in [5.74, 6) is -0.158. The van der Waals surface area contributed by atoms with Crippen LogP contribution in [0.2, 0.25) is 5.02 Å². The fraction of sp³-hybridized carbons (Fsp3) is 0.391. The van der Waals surface area contributed by atoms with Crippen LogP contribution in [-0.4, -0.2) is 40.2 Å². The number of amides is 1. The Balaban J connectivity index is 1.56. The van der Waals surface area contributed by atoms with Crippen LogP contribution in [0.15, 0.2) is 36.4 Å². The molecule has 0 bridgehead atoms. The zero-order valence-corrected chi connectivity index (χ0v) is 19.0. The minimum Gasteiger partial charge on any atom is -0.396 e.